The Bertz CT molecular complexity index is 1570. The fraction of sp³-hybridized carbons (Fsp3) is 0.219. The largest absolute Gasteiger partial charge is 0.483 e. The Kier molecular flexibility index (Phi) is 7.17. The minimum absolute atomic E-state index is 0.0419. The van der Waals surface area contributed by atoms with Gasteiger partial charge < -0.3 is 9.64 Å². The molecule has 1 atom stereocenters. The van der Waals surface area contributed by atoms with Crippen LogP contribution in [0.25, 0.3) is 0 Å². The lowest BCUT2D eigenvalue weighted by Gasteiger charge is -2.30. The molecule has 0 bridgehead atoms. The molecule has 6 rings (SSSR count). The van der Waals surface area contributed by atoms with Crippen LogP contribution in [0.2, 0.25) is 0 Å². The molecular weight excluding hydrogens is 525 g/mol. The van der Waals surface area contributed by atoms with Crippen molar-refractivity contribution < 1.29 is 18.7 Å². The molecule has 0 fully saturated rings. The van der Waals surface area contributed by atoms with Crippen LogP contribution in [-0.2, 0) is 17.8 Å². The van der Waals surface area contributed by atoms with Crippen molar-refractivity contribution in [1.82, 2.24) is 9.91 Å². The SMILES string of the molecule is Cc1ccc(CN2CCc3c(OCC(=O)N4N=C(c5cccs5)C[C@@H]4c4ccc(F)cc4)cccc3C2=O)cc1. The zero-order chi connectivity index (χ0) is 27.6. The average Bonchev–Trinajstić information content (AvgIpc) is 3.66. The lowest BCUT2D eigenvalue weighted by Crippen LogP contribution is -2.37. The molecule has 0 N–H and O–H groups in total. The predicted octanol–water partition coefficient (Wildman–Crippen LogP) is 6.15. The number of thiophene rings is 1. The summed E-state index contributed by atoms with van der Waals surface area (Å²) in [6.45, 7) is 2.93. The van der Waals surface area contributed by atoms with Gasteiger partial charge in [-0.2, -0.15) is 5.10 Å². The second-order valence-corrected chi connectivity index (χ2v) is 11.0. The highest BCUT2D eigenvalue weighted by atomic mass is 32.1. The first-order chi connectivity index (χ1) is 19.5. The van der Waals surface area contributed by atoms with Crippen LogP contribution in [0.3, 0.4) is 0 Å². The molecule has 0 spiro atoms. The fourth-order valence-electron chi connectivity index (χ4n) is 5.22. The average molecular weight is 554 g/mol. The molecule has 2 amide bonds. The molecule has 6 nitrogen and oxygen atoms in total. The Morgan fingerprint density at radius 3 is 2.60 bits per heavy atom. The predicted molar refractivity (Wildman–Crippen MR) is 153 cm³/mol. The first-order valence-electron chi connectivity index (χ1n) is 13.2. The van der Waals surface area contributed by atoms with E-state index in [1.54, 1.807) is 35.6 Å². The van der Waals surface area contributed by atoms with Gasteiger partial charge in [0.2, 0.25) is 0 Å². The molecule has 0 aliphatic carbocycles. The van der Waals surface area contributed by atoms with Crippen molar-refractivity contribution in [1.29, 1.82) is 0 Å². The van der Waals surface area contributed by atoms with Crippen LogP contribution in [0.5, 0.6) is 5.75 Å². The third kappa shape index (κ3) is 5.27. The summed E-state index contributed by atoms with van der Waals surface area (Å²) in [6, 6.07) is 23.4. The summed E-state index contributed by atoms with van der Waals surface area (Å²) in [4.78, 5) is 29.6. The van der Waals surface area contributed by atoms with Crippen molar-refractivity contribution in [3.63, 3.8) is 0 Å². The van der Waals surface area contributed by atoms with Gasteiger partial charge in [-0.15, -0.1) is 11.3 Å². The van der Waals surface area contributed by atoms with Gasteiger partial charge in [0.25, 0.3) is 11.8 Å². The van der Waals surface area contributed by atoms with Crippen molar-refractivity contribution in [3.8, 4) is 5.75 Å². The second kappa shape index (κ2) is 11.1. The Hall–Kier alpha value is -4.30. The number of hydrogen-bond acceptors (Lipinski definition) is 5. The van der Waals surface area contributed by atoms with Crippen molar-refractivity contribution in [2.75, 3.05) is 13.2 Å². The summed E-state index contributed by atoms with van der Waals surface area (Å²) >= 11 is 1.56. The van der Waals surface area contributed by atoms with E-state index in [0.29, 0.717) is 37.2 Å². The van der Waals surface area contributed by atoms with Crippen LogP contribution in [0.15, 0.2) is 89.3 Å². The van der Waals surface area contributed by atoms with E-state index in [9.17, 15) is 14.0 Å². The number of aryl methyl sites for hydroxylation is 1. The Balaban J connectivity index is 1.18. The van der Waals surface area contributed by atoms with Crippen LogP contribution < -0.4 is 4.74 Å². The number of fused-ring (bicyclic) bond motifs is 1. The van der Waals surface area contributed by atoms with E-state index < -0.39 is 0 Å². The Morgan fingerprint density at radius 2 is 1.85 bits per heavy atom. The summed E-state index contributed by atoms with van der Waals surface area (Å²) in [6.07, 6.45) is 1.17. The van der Waals surface area contributed by atoms with Crippen molar-refractivity contribution in [2.45, 2.75) is 32.4 Å². The zero-order valence-corrected chi connectivity index (χ0v) is 22.9. The lowest BCUT2D eigenvalue weighted by atomic mass is 9.97. The number of benzene rings is 3. The smallest absolute Gasteiger partial charge is 0.281 e. The molecule has 3 heterocycles. The van der Waals surface area contributed by atoms with Gasteiger partial charge in [0.05, 0.1) is 16.6 Å². The van der Waals surface area contributed by atoms with Gasteiger partial charge in [0.1, 0.15) is 11.6 Å². The normalized spacial score (nSPS) is 16.6. The Morgan fingerprint density at radius 1 is 1.05 bits per heavy atom. The summed E-state index contributed by atoms with van der Waals surface area (Å²) in [5.74, 6) is -0.140. The topological polar surface area (TPSA) is 62.2 Å². The van der Waals surface area contributed by atoms with E-state index in [1.165, 1.54) is 22.7 Å². The number of carbonyl (C=O) groups is 2. The van der Waals surface area contributed by atoms with Gasteiger partial charge in [0.15, 0.2) is 6.61 Å². The molecule has 0 saturated carbocycles. The monoisotopic (exact) mass is 553 g/mol. The van der Waals surface area contributed by atoms with Gasteiger partial charge in [-0.05, 0) is 60.2 Å². The summed E-state index contributed by atoms with van der Waals surface area (Å²) < 4.78 is 19.6. The van der Waals surface area contributed by atoms with Crippen molar-refractivity contribution in [2.24, 2.45) is 5.10 Å². The molecule has 8 heteroatoms. The van der Waals surface area contributed by atoms with E-state index in [4.69, 9.17) is 4.74 Å². The van der Waals surface area contributed by atoms with Crippen molar-refractivity contribution in [3.05, 3.63) is 123 Å². The molecule has 0 saturated heterocycles. The molecule has 0 unspecified atom stereocenters. The number of hydrogen-bond donors (Lipinski definition) is 0. The minimum atomic E-state index is -0.351. The highest BCUT2D eigenvalue weighted by molar-refractivity contribution is 7.12. The van der Waals surface area contributed by atoms with Crippen LogP contribution >= 0.6 is 11.3 Å². The maximum atomic E-state index is 13.6. The quantitative estimate of drug-likeness (QED) is 0.276. The highest BCUT2D eigenvalue weighted by Crippen LogP contribution is 2.34. The van der Waals surface area contributed by atoms with Gasteiger partial charge in [-0.1, -0.05) is 54.1 Å². The summed E-state index contributed by atoms with van der Waals surface area (Å²) in [5.41, 5.74) is 5.31. The number of carbonyl (C=O) groups excluding carboxylic acids is 2. The Labute approximate surface area is 236 Å². The maximum Gasteiger partial charge on any atom is 0.281 e. The van der Waals surface area contributed by atoms with Gasteiger partial charge in [-0.25, -0.2) is 9.40 Å². The fourth-order valence-corrected chi connectivity index (χ4v) is 5.95. The van der Waals surface area contributed by atoms with E-state index in [2.05, 4.69) is 17.2 Å². The van der Waals surface area contributed by atoms with Crippen LogP contribution in [0.1, 0.15) is 50.0 Å². The minimum Gasteiger partial charge on any atom is -0.483 e. The lowest BCUT2D eigenvalue weighted by molar-refractivity contribution is -0.135. The van der Waals surface area contributed by atoms with Gasteiger partial charge >= 0.3 is 0 Å². The molecule has 2 aliphatic rings. The number of ether oxygens (including phenoxy) is 1. The third-order valence-electron chi connectivity index (χ3n) is 7.35. The van der Waals surface area contributed by atoms with Gasteiger partial charge in [-0.3, -0.25) is 9.59 Å². The van der Waals surface area contributed by atoms with Crippen molar-refractivity contribution >= 4 is 28.9 Å². The molecule has 2 aliphatic heterocycles. The van der Waals surface area contributed by atoms with Crippen LogP contribution in [0, 0.1) is 12.7 Å². The van der Waals surface area contributed by atoms with Crippen LogP contribution in [0.4, 0.5) is 4.39 Å². The van der Waals surface area contributed by atoms with Crippen LogP contribution in [-0.4, -0.2) is 40.6 Å². The molecule has 202 valence electrons. The zero-order valence-electron chi connectivity index (χ0n) is 22.0. The number of halogens is 1. The number of rotatable bonds is 7. The number of amides is 2. The summed E-state index contributed by atoms with van der Waals surface area (Å²) in [7, 11) is 0. The molecular formula is C32H28FN3O3S. The van der Waals surface area contributed by atoms with E-state index in [-0.39, 0.29) is 30.3 Å². The first-order valence-corrected chi connectivity index (χ1v) is 14.1. The second-order valence-electron chi connectivity index (χ2n) is 10.1. The molecule has 4 aromatic rings. The molecule has 40 heavy (non-hydrogen) atoms. The number of hydrazone groups is 1. The standard InChI is InChI=1S/C32H28FN3O3S/c1-21-7-9-22(10-8-21)19-35-16-15-25-26(32(35)38)4-2-5-29(25)39-20-31(37)36-28(23-11-13-24(33)14-12-23)18-27(34-36)30-6-3-17-40-30/h2-14,17,28H,15-16,18-20H2,1H3/t28-/m1/s1. The van der Waals surface area contributed by atoms with E-state index >= 15 is 0 Å². The maximum absolute atomic E-state index is 13.6. The number of nitrogens with zero attached hydrogens (tertiary/aromatic N) is 3. The molecule has 0 radical (unpaired) electrons. The highest BCUT2D eigenvalue weighted by Gasteiger charge is 2.34. The van der Waals surface area contributed by atoms with E-state index in [0.717, 1.165) is 27.3 Å². The third-order valence-corrected chi connectivity index (χ3v) is 8.27. The van der Waals surface area contributed by atoms with E-state index in [1.807, 2.05) is 47.5 Å². The van der Waals surface area contributed by atoms with Gasteiger partial charge in [0, 0.05) is 30.6 Å². The first kappa shape index (κ1) is 26.0. The summed E-state index contributed by atoms with van der Waals surface area (Å²) in [5, 5.41) is 8.08. The molecule has 1 aromatic heterocycles. The molecule has 3 aromatic carbocycles.